The van der Waals surface area contributed by atoms with E-state index < -0.39 is 0 Å². The van der Waals surface area contributed by atoms with Crippen LogP contribution in [0.2, 0.25) is 5.02 Å². The molecular weight excluding hydrogens is 356 g/mol. The number of hydrogen-bond donors (Lipinski definition) is 2. The lowest BCUT2D eigenvalue weighted by Crippen LogP contribution is -2.14. The van der Waals surface area contributed by atoms with E-state index in [-0.39, 0.29) is 5.91 Å². The second-order valence-corrected chi connectivity index (χ2v) is 5.61. The monoisotopic (exact) mass is 368 g/mol. The topological polar surface area (TPSA) is 66.9 Å². The van der Waals surface area contributed by atoms with Gasteiger partial charge in [0.05, 0.1) is 10.6 Å². The SMILES string of the molecule is CCNc1cc(C(=O)Nc2cc(C)c(Br)cn2)c(Cl)cn1. The van der Waals surface area contributed by atoms with Crippen molar-refractivity contribution < 1.29 is 4.79 Å². The molecule has 7 heteroatoms. The molecule has 0 unspecified atom stereocenters. The van der Waals surface area contributed by atoms with Gasteiger partial charge >= 0.3 is 0 Å². The number of nitrogens with zero attached hydrogens (tertiary/aromatic N) is 2. The molecule has 0 radical (unpaired) electrons. The Bertz CT molecular complexity index is 678. The normalized spacial score (nSPS) is 10.3. The van der Waals surface area contributed by atoms with Gasteiger partial charge in [0.2, 0.25) is 0 Å². The molecule has 2 heterocycles. The van der Waals surface area contributed by atoms with Crippen molar-refractivity contribution >= 4 is 45.1 Å². The number of anilines is 2. The van der Waals surface area contributed by atoms with Crippen LogP contribution in [0.5, 0.6) is 0 Å². The van der Waals surface area contributed by atoms with Gasteiger partial charge in [-0.2, -0.15) is 0 Å². The molecule has 0 atom stereocenters. The zero-order chi connectivity index (χ0) is 15.4. The summed E-state index contributed by atoms with van der Waals surface area (Å²) in [4.78, 5) is 20.5. The maximum Gasteiger partial charge on any atom is 0.258 e. The molecule has 0 aromatic carbocycles. The van der Waals surface area contributed by atoms with Gasteiger partial charge in [-0.25, -0.2) is 9.97 Å². The lowest BCUT2D eigenvalue weighted by Gasteiger charge is -2.09. The van der Waals surface area contributed by atoms with Crippen LogP contribution in [0.4, 0.5) is 11.6 Å². The van der Waals surface area contributed by atoms with Crippen molar-refractivity contribution in [2.45, 2.75) is 13.8 Å². The molecule has 5 nitrogen and oxygen atoms in total. The fourth-order valence-electron chi connectivity index (χ4n) is 1.68. The fraction of sp³-hybridized carbons (Fsp3) is 0.214. The summed E-state index contributed by atoms with van der Waals surface area (Å²) in [6.45, 7) is 4.58. The molecule has 0 aliphatic rings. The van der Waals surface area contributed by atoms with E-state index in [4.69, 9.17) is 11.6 Å². The van der Waals surface area contributed by atoms with E-state index in [1.807, 2.05) is 13.8 Å². The molecule has 21 heavy (non-hydrogen) atoms. The van der Waals surface area contributed by atoms with Gasteiger partial charge < -0.3 is 10.6 Å². The van der Waals surface area contributed by atoms with Crippen molar-refractivity contribution in [2.24, 2.45) is 0 Å². The van der Waals surface area contributed by atoms with Gasteiger partial charge in [-0.05, 0) is 47.5 Å². The fourth-order valence-corrected chi connectivity index (χ4v) is 2.09. The lowest BCUT2D eigenvalue weighted by atomic mass is 10.2. The van der Waals surface area contributed by atoms with Gasteiger partial charge in [-0.3, -0.25) is 4.79 Å². The summed E-state index contributed by atoms with van der Waals surface area (Å²) in [6, 6.07) is 3.40. The summed E-state index contributed by atoms with van der Waals surface area (Å²) < 4.78 is 0.886. The predicted octanol–water partition coefficient (Wildman–Crippen LogP) is 3.89. The standard InChI is InChI=1S/C14H14BrClN4O/c1-3-17-12-5-9(11(16)7-19-12)14(21)20-13-4-8(2)10(15)6-18-13/h4-7H,3H2,1-2H3,(H,17,19)(H,18,20,21). The molecule has 0 bridgehead atoms. The molecule has 0 aliphatic heterocycles. The van der Waals surface area contributed by atoms with Crippen LogP contribution in [-0.2, 0) is 0 Å². The van der Waals surface area contributed by atoms with E-state index >= 15 is 0 Å². The second kappa shape index (κ2) is 6.87. The van der Waals surface area contributed by atoms with Crippen LogP contribution in [0, 0.1) is 6.92 Å². The molecule has 2 aromatic rings. The van der Waals surface area contributed by atoms with Crippen molar-refractivity contribution in [1.82, 2.24) is 9.97 Å². The summed E-state index contributed by atoms with van der Waals surface area (Å²) in [5, 5.41) is 6.06. The molecule has 0 spiro atoms. The van der Waals surface area contributed by atoms with Gasteiger partial charge in [0.1, 0.15) is 11.6 Å². The van der Waals surface area contributed by atoms with Crippen LogP contribution < -0.4 is 10.6 Å². The summed E-state index contributed by atoms with van der Waals surface area (Å²) in [5.41, 5.74) is 1.33. The first-order chi connectivity index (χ1) is 10.0. The first-order valence-electron chi connectivity index (χ1n) is 6.34. The highest BCUT2D eigenvalue weighted by Gasteiger charge is 2.13. The molecule has 0 aliphatic carbocycles. The lowest BCUT2D eigenvalue weighted by molar-refractivity contribution is 0.102. The molecule has 2 N–H and O–H groups in total. The van der Waals surface area contributed by atoms with E-state index in [9.17, 15) is 4.79 Å². The van der Waals surface area contributed by atoms with Crippen LogP contribution in [0.15, 0.2) is 29.0 Å². The maximum atomic E-state index is 12.3. The minimum atomic E-state index is -0.323. The molecule has 110 valence electrons. The Balaban J connectivity index is 2.23. The molecule has 2 rings (SSSR count). The third-order valence-corrected chi connectivity index (χ3v) is 3.88. The average Bonchev–Trinajstić information content (AvgIpc) is 2.45. The zero-order valence-corrected chi connectivity index (χ0v) is 13.9. The van der Waals surface area contributed by atoms with Gasteiger partial charge in [0, 0.05) is 23.4 Å². The molecule has 0 saturated heterocycles. The van der Waals surface area contributed by atoms with Gasteiger partial charge in [-0.15, -0.1) is 0 Å². The minimum Gasteiger partial charge on any atom is -0.370 e. The number of halogens is 2. The predicted molar refractivity (Wildman–Crippen MR) is 88.0 cm³/mol. The van der Waals surface area contributed by atoms with Crippen molar-refractivity contribution in [3.05, 3.63) is 45.1 Å². The quantitative estimate of drug-likeness (QED) is 0.858. The molecule has 1 amide bonds. The number of nitrogens with one attached hydrogen (secondary N) is 2. The van der Waals surface area contributed by atoms with E-state index in [0.717, 1.165) is 10.0 Å². The molecule has 0 saturated carbocycles. The number of aryl methyl sites for hydroxylation is 1. The van der Waals surface area contributed by atoms with Crippen molar-refractivity contribution in [3.8, 4) is 0 Å². The highest BCUT2D eigenvalue weighted by Crippen LogP contribution is 2.21. The number of carbonyl (C=O) groups excluding carboxylic acids is 1. The third-order valence-electron chi connectivity index (χ3n) is 2.75. The average molecular weight is 370 g/mol. The van der Waals surface area contributed by atoms with Crippen molar-refractivity contribution in [2.75, 3.05) is 17.2 Å². The van der Waals surface area contributed by atoms with Crippen LogP contribution in [0.1, 0.15) is 22.8 Å². The highest BCUT2D eigenvalue weighted by molar-refractivity contribution is 9.10. The van der Waals surface area contributed by atoms with Crippen molar-refractivity contribution in [1.29, 1.82) is 0 Å². The van der Waals surface area contributed by atoms with E-state index in [2.05, 4.69) is 36.5 Å². The Morgan fingerprint density at radius 1 is 1.29 bits per heavy atom. The number of hydrogen-bond acceptors (Lipinski definition) is 4. The smallest absolute Gasteiger partial charge is 0.258 e. The summed E-state index contributed by atoms with van der Waals surface area (Å²) >= 11 is 9.40. The van der Waals surface area contributed by atoms with Gasteiger partial charge in [0.15, 0.2) is 0 Å². The van der Waals surface area contributed by atoms with Gasteiger partial charge in [0.25, 0.3) is 5.91 Å². The Kier molecular flexibility index (Phi) is 5.14. The first-order valence-corrected chi connectivity index (χ1v) is 7.51. The molecular formula is C14H14BrClN4O. The molecule has 2 aromatic heterocycles. The highest BCUT2D eigenvalue weighted by atomic mass is 79.9. The van der Waals surface area contributed by atoms with E-state index in [0.29, 0.717) is 28.8 Å². The second-order valence-electron chi connectivity index (χ2n) is 4.35. The van der Waals surface area contributed by atoms with Crippen LogP contribution in [0.25, 0.3) is 0 Å². The number of carbonyl (C=O) groups is 1. The Morgan fingerprint density at radius 3 is 2.67 bits per heavy atom. The Morgan fingerprint density at radius 2 is 2.00 bits per heavy atom. The van der Waals surface area contributed by atoms with Crippen LogP contribution >= 0.6 is 27.5 Å². The van der Waals surface area contributed by atoms with Crippen molar-refractivity contribution in [3.63, 3.8) is 0 Å². The number of aromatic nitrogens is 2. The van der Waals surface area contributed by atoms with E-state index in [1.165, 1.54) is 6.20 Å². The summed E-state index contributed by atoms with van der Waals surface area (Å²) in [6.07, 6.45) is 3.10. The van der Waals surface area contributed by atoms with Crippen LogP contribution in [0.3, 0.4) is 0 Å². The Labute approximate surface area is 136 Å². The Hall–Kier alpha value is -1.66. The number of pyridine rings is 2. The summed E-state index contributed by atoms with van der Waals surface area (Å²) in [5.74, 6) is 0.751. The first kappa shape index (κ1) is 15.7. The minimum absolute atomic E-state index is 0.294. The van der Waals surface area contributed by atoms with Gasteiger partial charge in [-0.1, -0.05) is 11.6 Å². The van der Waals surface area contributed by atoms with E-state index in [1.54, 1.807) is 18.3 Å². The largest absolute Gasteiger partial charge is 0.370 e. The zero-order valence-electron chi connectivity index (χ0n) is 11.6. The number of rotatable bonds is 4. The summed E-state index contributed by atoms with van der Waals surface area (Å²) in [7, 11) is 0. The van der Waals surface area contributed by atoms with Crippen LogP contribution in [-0.4, -0.2) is 22.4 Å². The number of amides is 1. The molecule has 0 fully saturated rings. The third kappa shape index (κ3) is 3.92. The maximum absolute atomic E-state index is 12.3.